The summed E-state index contributed by atoms with van der Waals surface area (Å²) in [5.74, 6) is 1.03. The average Bonchev–Trinajstić information content (AvgIpc) is 2.59. The number of rotatable bonds is 5. The van der Waals surface area contributed by atoms with Crippen LogP contribution in [0.25, 0.3) is 10.9 Å². The third-order valence-corrected chi connectivity index (χ3v) is 5.72. The van der Waals surface area contributed by atoms with Gasteiger partial charge in [-0.25, -0.2) is 4.98 Å². The van der Waals surface area contributed by atoms with E-state index < -0.39 is 0 Å². The molecular weight excluding hydrogens is 338 g/mol. The van der Waals surface area contributed by atoms with E-state index in [9.17, 15) is 5.11 Å². The fraction of sp³-hybridized carbons (Fsp3) is 0.591. The molecule has 27 heavy (non-hydrogen) atoms. The molecule has 2 fully saturated rings. The van der Waals surface area contributed by atoms with Crippen molar-refractivity contribution in [2.75, 3.05) is 44.8 Å². The zero-order valence-corrected chi connectivity index (χ0v) is 16.7. The summed E-state index contributed by atoms with van der Waals surface area (Å²) in [6, 6.07) is 8.73. The van der Waals surface area contributed by atoms with Crippen LogP contribution in [-0.2, 0) is 11.3 Å². The zero-order valence-electron chi connectivity index (χ0n) is 16.7. The number of fused-ring (bicyclic) bond motifs is 1. The van der Waals surface area contributed by atoms with Crippen LogP contribution in [0.5, 0.6) is 0 Å². The molecule has 0 unspecified atom stereocenters. The van der Waals surface area contributed by atoms with Crippen LogP contribution < -0.4 is 4.90 Å². The van der Waals surface area contributed by atoms with E-state index in [-0.39, 0.29) is 11.5 Å². The molecule has 0 bridgehead atoms. The SMILES string of the molecule is Cc1ccc2nc(N3CCC[C@H](O)C3)c(CN(C)CC3(C)COC3)cc2c1. The molecule has 0 spiro atoms. The van der Waals surface area contributed by atoms with Crippen LogP contribution in [0, 0.1) is 12.3 Å². The van der Waals surface area contributed by atoms with Gasteiger partial charge in [-0.2, -0.15) is 0 Å². The Morgan fingerprint density at radius 2 is 2.15 bits per heavy atom. The summed E-state index contributed by atoms with van der Waals surface area (Å²) < 4.78 is 5.42. The van der Waals surface area contributed by atoms with Crippen molar-refractivity contribution in [1.82, 2.24) is 9.88 Å². The lowest BCUT2D eigenvalue weighted by atomic mass is 9.88. The molecule has 2 aliphatic rings. The lowest BCUT2D eigenvalue weighted by Crippen LogP contribution is -2.47. The molecule has 5 nitrogen and oxygen atoms in total. The Kier molecular flexibility index (Phi) is 5.10. The number of hydrogen-bond donors (Lipinski definition) is 1. The Labute approximate surface area is 161 Å². The number of nitrogens with zero attached hydrogens (tertiary/aromatic N) is 3. The first-order chi connectivity index (χ1) is 12.9. The van der Waals surface area contributed by atoms with Gasteiger partial charge in [0.15, 0.2) is 0 Å². The molecule has 1 N–H and O–H groups in total. The highest BCUT2D eigenvalue weighted by atomic mass is 16.5. The molecule has 0 radical (unpaired) electrons. The fourth-order valence-corrected chi connectivity index (χ4v) is 4.41. The monoisotopic (exact) mass is 369 g/mol. The van der Waals surface area contributed by atoms with Crippen molar-refractivity contribution in [2.45, 2.75) is 39.3 Å². The van der Waals surface area contributed by atoms with Crippen molar-refractivity contribution in [3.05, 3.63) is 35.4 Å². The van der Waals surface area contributed by atoms with Gasteiger partial charge >= 0.3 is 0 Å². The standard InChI is InChI=1S/C22H31N3O2/c1-16-6-7-20-17(9-16)10-18(11-24(3)13-22(2)14-27-15-22)21(23-20)25-8-4-5-19(26)12-25/h6-7,9-10,19,26H,4-5,8,11-15H2,1-3H3/t19-/m0/s1. The minimum absolute atomic E-state index is 0.258. The molecule has 1 atom stereocenters. The van der Waals surface area contributed by atoms with Gasteiger partial charge in [-0.15, -0.1) is 0 Å². The number of pyridine rings is 1. The summed E-state index contributed by atoms with van der Waals surface area (Å²) in [5, 5.41) is 11.4. The number of aromatic nitrogens is 1. The van der Waals surface area contributed by atoms with Crippen molar-refractivity contribution < 1.29 is 9.84 Å². The molecule has 2 saturated heterocycles. The van der Waals surface area contributed by atoms with E-state index >= 15 is 0 Å². The number of β-amino-alcohol motifs (C(OH)–C–C–N with tert-alkyl or cyclic N) is 1. The number of aryl methyl sites for hydroxylation is 1. The topological polar surface area (TPSA) is 48.8 Å². The summed E-state index contributed by atoms with van der Waals surface area (Å²) in [6.45, 7) is 9.61. The first kappa shape index (κ1) is 18.7. The van der Waals surface area contributed by atoms with Crippen LogP contribution in [0.2, 0.25) is 0 Å². The lowest BCUT2D eigenvalue weighted by molar-refractivity contribution is -0.113. The number of piperidine rings is 1. The Morgan fingerprint density at radius 1 is 1.33 bits per heavy atom. The van der Waals surface area contributed by atoms with E-state index in [0.717, 1.165) is 57.0 Å². The molecule has 1 aromatic heterocycles. The number of benzene rings is 1. The lowest BCUT2D eigenvalue weighted by Gasteiger charge is -2.41. The maximum absolute atomic E-state index is 10.2. The normalized spacial score (nSPS) is 22.3. The Morgan fingerprint density at radius 3 is 2.85 bits per heavy atom. The van der Waals surface area contributed by atoms with Gasteiger partial charge in [0.25, 0.3) is 0 Å². The minimum Gasteiger partial charge on any atom is -0.391 e. The van der Waals surface area contributed by atoms with Crippen LogP contribution in [0.1, 0.15) is 30.9 Å². The average molecular weight is 370 g/mol. The van der Waals surface area contributed by atoms with Gasteiger partial charge in [0, 0.05) is 42.5 Å². The molecule has 5 heteroatoms. The van der Waals surface area contributed by atoms with Gasteiger partial charge < -0.3 is 19.6 Å². The largest absolute Gasteiger partial charge is 0.391 e. The van der Waals surface area contributed by atoms with E-state index in [1.807, 2.05) is 0 Å². The summed E-state index contributed by atoms with van der Waals surface area (Å²) in [5.41, 5.74) is 3.79. The molecule has 0 aliphatic carbocycles. The van der Waals surface area contributed by atoms with Crippen LogP contribution in [0.4, 0.5) is 5.82 Å². The molecule has 2 aliphatic heterocycles. The molecule has 146 valence electrons. The first-order valence-electron chi connectivity index (χ1n) is 10.0. The van der Waals surface area contributed by atoms with Crippen LogP contribution in [0.3, 0.4) is 0 Å². The fourth-order valence-electron chi connectivity index (χ4n) is 4.41. The highest BCUT2D eigenvalue weighted by Gasteiger charge is 2.34. The second-order valence-electron chi connectivity index (χ2n) is 8.89. The van der Waals surface area contributed by atoms with Crippen LogP contribution in [0.15, 0.2) is 24.3 Å². The van der Waals surface area contributed by atoms with E-state index in [2.05, 4.69) is 55.0 Å². The number of hydrogen-bond acceptors (Lipinski definition) is 5. The number of aliphatic hydroxyl groups is 1. The minimum atomic E-state index is -0.258. The first-order valence-corrected chi connectivity index (χ1v) is 10.0. The molecule has 1 aromatic carbocycles. The Bertz CT molecular complexity index is 819. The van der Waals surface area contributed by atoms with Gasteiger partial charge in [0.1, 0.15) is 5.82 Å². The molecule has 2 aromatic rings. The molecule has 0 saturated carbocycles. The van der Waals surface area contributed by atoms with E-state index in [4.69, 9.17) is 9.72 Å². The van der Waals surface area contributed by atoms with Gasteiger partial charge in [0.2, 0.25) is 0 Å². The highest BCUT2D eigenvalue weighted by molar-refractivity contribution is 5.82. The maximum atomic E-state index is 10.2. The van der Waals surface area contributed by atoms with Gasteiger partial charge in [-0.05, 0) is 45.0 Å². The Hall–Kier alpha value is -1.69. The molecule has 4 rings (SSSR count). The van der Waals surface area contributed by atoms with Crippen molar-refractivity contribution in [2.24, 2.45) is 5.41 Å². The number of aliphatic hydroxyl groups excluding tert-OH is 1. The maximum Gasteiger partial charge on any atom is 0.133 e. The third-order valence-electron chi connectivity index (χ3n) is 5.72. The second kappa shape index (κ2) is 7.38. The van der Waals surface area contributed by atoms with Crippen LogP contribution in [-0.4, -0.2) is 61.0 Å². The van der Waals surface area contributed by atoms with Crippen molar-refractivity contribution >= 4 is 16.7 Å². The highest BCUT2D eigenvalue weighted by Crippen LogP contribution is 2.31. The zero-order chi connectivity index (χ0) is 19.0. The quantitative estimate of drug-likeness (QED) is 0.878. The van der Waals surface area contributed by atoms with Crippen LogP contribution >= 0.6 is 0 Å². The summed E-state index contributed by atoms with van der Waals surface area (Å²) >= 11 is 0. The summed E-state index contributed by atoms with van der Waals surface area (Å²) in [4.78, 5) is 9.67. The van der Waals surface area contributed by atoms with Crippen molar-refractivity contribution in [3.8, 4) is 0 Å². The van der Waals surface area contributed by atoms with E-state index in [0.29, 0.717) is 6.54 Å². The molecular formula is C22H31N3O2. The van der Waals surface area contributed by atoms with Gasteiger partial charge in [-0.1, -0.05) is 18.6 Å². The van der Waals surface area contributed by atoms with Gasteiger partial charge in [0.05, 0.1) is 24.8 Å². The second-order valence-corrected chi connectivity index (χ2v) is 8.89. The smallest absolute Gasteiger partial charge is 0.133 e. The molecule has 3 heterocycles. The summed E-state index contributed by atoms with van der Waals surface area (Å²) in [7, 11) is 2.18. The third kappa shape index (κ3) is 4.10. The number of anilines is 1. The van der Waals surface area contributed by atoms with Crippen molar-refractivity contribution in [3.63, 3.8) is 0 Å². The summed E-state index contributed by atoms with van der Waals surface area (Å²) in [6.07, 6.45) is 1.64. The molecule has 0 amide bonds. The van der Waals surface area contributed by atoms with E-state index in [1.54, 1.807) is 0 Å². The Balaban J connectivity index is 1.65. The van der Waals surface area contributed by atoms with Crippen molar-refractivity contribution in [1.29, 1.82) is 0 Å². The number of ether oxygens (including phenoxy) is 1. The van der Waals surface area contributed by atoms with Gasteiger partial charge in [-0.3, -0.25) is 0 Å². The predicted molar refractivity (Wildman–Crippen MR) is 109 cm³/mol. The van der Waals surface area contributed by atoms with E-state index in [1.165, 1.54) is 16.5 Å². The predicted octanol–water partition coefficient (Wildman–Crippen LogP) is 2.97.